The van der Waals surface area contributed by atoms with Crippen LogP contribution in [-0.4, -0.2) is 39.6 Å². The number of aryl methyl sites for hydroxylation is 3. The molecule has 0 radical (unpaired) electrons. The van der Waals surface area contributed by atoms with Gasteiger partial charge in [0.25, 0.3) is 6.26 Å². The van der Waals surface area contributed by atoms with Crippen LogP contribution >= 0.6 is 0 Å². The topological polar surface area (TPSA) is 224 Å². The first-order chi connectivity index (χ1) is 28.9. The van der Waals surface area contributed by atoms with Gasteiger partial charge in [-0.15, -0.1) is 5.26 Å². The molecule has 0 N–H and O–H groups in total. The zero-order valence-electron chi connectivity index (χ0n) is 33.7. The van der Waals surface area contributed by atoms with Crippen molar-refractivity contribution in [1.82, 2.24) is 27.4 Å². The average molecular weight is 818 g/mol. The first-order valence-corrected chi connectivity index (χ1v) is 19.4. The minimum atomic E-state index is -1.01. The van der Waals surface area contributed by atoms with Gasteiger partial charge in [-0.25, -0.2) is 65.8 Å². The Balaban J connectivity index is 1.46. The Morgan fingerprint density at radius 3 is 1.32 bits per heavy atom. The van der Waals surface area contributed by atoms with Crippen LogP contribution in [0, 0.1) is 32.3 Å². The summed E-state index contributed by atoms with van der Waals surface area (Å²) in [6, 6.07) is 13.3. The lowest BCUT2D eigenvalue weighted by atomic mass is 10.2. The van der Waals surface area contributed by atoms with Gasteiger partial charge in [0.15, 0.2) is 0 Å². The summed E-state index contributed by atoms with van der Waals surface area (Å²) in [6.45, 7) is 7.00. The number of hydrogen-bond donors (Lipinski definition) is 0. The highest BCUT2D eigenvalue weighted by Gasteiger charge is 2.21. The molecule has 2 aromatic heterocycles. The van der Waals surface area contributed by atoms with E-state index in [2.05, 4.69) is 9.98 Å². The zero-order valence-corrected chi connectivity index (χ0v) is 33.7. The van der Waals surface area contributed by atoms with E-state index in [1.165, 1.54) is 48.6 Å². The lowest BCUT2D eigenvalue weighted by Crippen LogP contribution is -2.54. The fraction of sp³-hybridized carbons (Fsp3) is 0.357. The number of ether oxygens (including phenoxy) is 1. The fourth-order valence-corrected chi connectivity index (χ4v) is 6.75. The summed E-state index contributed by atoms with van der Waals surface area (Å²) in [5, 5.41) is 9.15. The number of unbranched alkanes of at least 4 members (excludes halogenated alkanes) is 6. The molecule has 3 aromatic carbocycles. The Bertz CT molecular complexity index is 2950. The number of hydrogen-bond acceptors (Lipinski definition) is 12. The van der Waals surface area contributed by atoms with Gasteiger partial charge >= 0.3 is 34.1 Å². The minimum absolute atomic E-state index is 0.0303. The third-order valence-electron chi connectivity index (χ3n) is 10.1. The van der Waals surface area contributed by atoms with E-state index in [4.69, 9.17) is 10.00 Å². The summed E-state index contributed by atoms with van der Waals surface area (Å²) in [4.78, 5) is 112. The van der Waals surface area contributed by atoms with Crippen molar-refractivity contribution in [1.29, 1.82) is 5.26 Å². The van der Waals surface area contributed by atoms with E-state index in [0.29, 0.717) is 42.4 Å². The predicted molar refractivity (Wildman–Crippen MR) is 221 cm³/mol. The van der Waals surface area contributed by atoms with Crippen molar-refractivity contribution >= 4 is 23.5 Å². The van der Waals surface area contributed by atoms with Gasteiger partial charge in [0, 0.05) is 25.7 Å². The third-order valence-corrected chi connectivity index (χ3v) is 10.1. The summed E-state index contributed by atoms with van der Waals surface area (Å²) >= 11 is 0. The van der Waals surface area contributed by atoms with E-state index in [0.717, 1.165) is 46.7 Å². The van der Waals surface area contributed by atoms with E-state index >= 15 is 0 Å². The van der Waals surface area contributed by atoms with E-state index in [9.17, 15) is 38.4 Å². The monoisotopic (exact) mass is 817 g/mol. The zero-order chi connectivity index (χ0) is 43.5. The molecule has 2 heterocycles. The van der Waals surface area contributed by atoms with Crippen LogP contribution in [0.4, 0.5) is 11.4 Å². The third kappa shape index (κ3) is 9.29. The average Bonchev–Trinajstić information content (AvgIpc) is 3.21. The van der Waals surface area contributed by atoms with Gasteiger partial charge in [0.05, 0.1) is 28.4 Å². The summed E-state index contributed by atoms with van der Waals surface area (Å²) < 4.78 is 10.4. The van der Waals surface area contributed by atoms with E-state index < -0.39 is 34.1 Å². The van der Waals surface area contributed by atoms with E-state index in [1.807, 2.05) is 6.92 Å². The van der Waals surface area contributed by atoms with Crippen LogP contribution in [0.2, 0.25) is 0 Å². The minimum Gasteiger partial charge on any atom is -0.388 e. The molecule has 0 aliphatic rings. The lowest BCUT2D eigenvalue weighted by Gasteiger charge is -2.16. The SMILES string of the molecule is CCCCCCn1c(=O)n(CCCCCCn2c(=O)n(-c3ccc(C)c(N=C=O)c3)c(=O)n(-c3ccc(C)c(OC#N)c3)c2=O)c(=O)n(-c2ccc(C)c(N=C=O)c2)c1=O. The van der Waals surface area contributed by atoms with Crippen LogP contribution in [0.15, 0.2) is 93.3 Å². The van der Waals surface area contributed by atoms with Crippen LogP contribution in [0.25, 0.3) is 17.1 Å². The van der Waals surface area contributed by atoms with Gasteiger partial charge in [0.1, 0.15) is 5.75 Å². The van der Waals surface area contributed by atoms with Crippen molar-refractivity contribution in [3.63, 3.8) is 0 Å². The highest BCUT2D eigenvalue weighted by molar-refractivity contribution is 5.59. The van der Waals surface area contributed by atoms with Crippen molar-refractivity contribution in [2.24, 2.45) is 9.98 Å². The molecule has 5 rings (SSSR count). The molecular weight excluding hydrogens is 775 g/mol. The molecule has 310 valence electrons. The number of aromatic nitrogens is 6. The number of benzene rings is 3. The molecule has 0 atom stereocenters. The maximum atomic E-state index is 14.0. The smallest absolute Gasteiger partial charge is 0.345 e. The van der Waals surface area contributed by atoms with Crippen molar-refractivity contribution in [2.75, 3.05) is 0 Å². The molecule has 0 bridgehead atoms. The van der Waals surface area contributed by atoms with Crippen molar-refractivity contribution < 1.29 is 14.3 Å². The van der Waals surface area contributed by atoms with E-state index in [1.54, 1.807) is 45.2 Å². The van der Waals surface area contributed by atoms with Crippen molar-refractivity contribution in [3.05, 3.63) is 134 Å². The summed E-state index contributed by atoms with van der Waals surface area (Å²) in [7, 11) is 0. The second-order valence-corrected chi connectivity index (χ2v) is 14.1. The molecule has 0 saturated carbocycles. The van der Waals surface area contributed by atoms with Crippen molar-refractivity contribution in [3.8, 4) is 29.1 Å². The molecule has 18 nitrogen and oxygen atoms in total. The number of carbonyl (C=O) groups excluding carboxylic acids is 2. The molecule has 0 spiro atoms. The first-order valence-electron chi connectivity index (χ1n) is 19.4. The highest BCUT2D eigenvalue weighted by Crippen LogP contribution is 2.23. The molecule has 0 fully saturated rings. The molecular formula is C42H43N9O9. The standard InChI is InChI=1S/C42H43N9O9/c1-5-6-7-10-19-46-37(54)47(39(56)49(38(46)55)31-16-13-28(2)34(22-31)44-26-52)20-11-8-9-12-21-48-40(57)50(32-17-14-29(3)35(23-32)45-27-53)42(59)51(41(48)58)33-18-15-30(4)36(24-33)60-25-43/h13-18,22-24H,5-12,19-21H2,1-4H3. The highest BCUT2D eigenvalue weighted by atomic mass is 16.5. The molecule has 0 amide bonds. The van der Waals surface area contributed by atoms with Crippen molar-refractivity contribution in [2.45, 2.75) is 98.7 Å². The first kappa shape index (κ1) is 43.6. The normalized spacial score (nSPS) is 10.8. The number of isocyanates is 2. The fourth-order valence-electron chi connectivity index (χ4n) is 6.75. The van der Waals surface area contributed by atoms with Crippen LogP contribution in [0.3, 0.4) is 0 Å². The van der Waals surface area contributed by atoms with Crippen LogP contribution in [0.5, 0.6) is 5.75 Å². The van der Waals surface area contributed by atoms with Crippen LogP contribution in [-0.2, 0) is 29.2 Å². The summed E-state index contributed by atoms with van der Waals surface area (Å²) in [6.07, 6.45) is 9.09. The van der Waals surface area contributed by atoms with Gasteiger partial charge in [-0.05, 0) is 87.1 Å². The molecule has 60 heavy (non-hydrogen) atoms. The second kappa shape index (κ2) is 19.8. The Kier molecular flexibility index (Phi) is 14.4. The Morgan fingerprint density at radius 2 is 0.900 bits per heavy atom. The molecule has 0 unspecified atom stereocenters. The van der Waals surface area contributed by atoms with Crippen LogP contribution < -0.4 is 38.9 Å². The Hall–Kier alpha value is -7.47. The largest absolute Gasteiger partial charge is 0.388 e. The number of nitrogens with zero attached hydrogens (tertiary/aromatic N) is 9. The second-order valence-electron chi connectivity index (χ2n) is 14.1. The summed E-state index contributed by atoms with van der Waals surface area (Å²) in [5.74, 6) is 0.0944. The Labute approximate surface area is 341 Å². The molecule has 18 heteroatoms. The molecule has 0 saturated heterocycles. The maximum absolute atomic E-state index is 14.0. The lowest BCUT2D eigenvalue weighted by molar-refractivity contribution is 0.446. The number of aliphatic imine (C=N–C) groups is 2. The maximum Gasteiger partial charge on any atom is 0.345 e. The van der Waals surface area contributed by atoms with Crippen LogP contribution in [0.1, 0.15) is 75.0 Å². The quantitative estimate of drug-likeness (QED) is 0.0531. The van der Waals surface area contributed by atoms with Gasteiger partial charge in [-0.2, -0.15) is 9.98 Å². The molecule has 0 aliphatic carbocycles. The van der Waals surface area contributed by atoms with Gasteiger partial charge in [0.2, 0.25) is 12.2 Å². The van der Waals surface area contributed by atoms with Gasteiger partial charge in [-0.1, -0.05) is 57.2 Å². The number of nitriles is 1. The van der Waals surface area contributed by atoms with Gasteiger partial charge in [-0.3, -0.25) is 0 Å². The predicted octanol–water partition coefficient (Wildman–Crippen LogP) is 4.19. The summed E-state index contributed by atoms with van der Waals surface area (Å²) in [5.41, 5.74) is -3.00. The number of rotatable bonds is 18. The Morgan fingerprint density at radius 1 is 0.517 bits per heavy atom. The molecule has 0 aliphatic heterocycles. The van der Waals surface area contributed by atoms with E-state index in [-0.39, 0.29) is 60.2 Å². The molecule has 5 aromatic rings. The van der Waals surface area contributed by atoms with Gasteiger partial charge < -0.3 is 4.74 Å².